The van der Waals surface area contributed by atoms with E-state index in [-0.39, 0.29) is 0 Å². The van der Waals surface area contributed by atoms with Crippen molar-refractivity contribution < 1.29 is 0 Å². The van der Waals surface area contributed by atoms with Gasteiger partial charge >= 0.3 is 0 Å². The van der Waals surface area contributed by atoms with E-state index in [1.165, 1.54) is 11.8 Å². The lowest BCUT2D eigenvalue weighted by Gasteiger charge is -1.87. The van der Waals surface area contributed by atoms with Gasteiger partial charge in [-0.25, -0.2) is 0 Å². The summed E-state index contributed by atoms with van der Waals surface area (Å²) >= 11 is 1.36. The first-order valence-electron chi connectivity index (χ1n) is 1.64. The predicted molar refractivity (Wildman–Crippen MR) is 33.9 cm³/mol. The predicted octanol–water partition coefficient (Wildman–Crippen LogP) is -0.406. The van der Waals surface area contributed by atoms with Crippen LogP contribution in [0.5, 0.6) is 0 Å². The monoisotopic (exact) mass is 95.0 g/mol. The van der Waals surface area contributed by atoms with Crippen molar-refractivity contribution in [3.63, 3.8) is 0 Å². The highest BCUT2D eigenvalue weighted by Crippen LogP contribution is 1.80. The molecular weight excluding hydrogens is 90.5 g/mol. The van der Waals surface area contributed by atoms with E-state index >= 15 is 0 Å². The molecule has 1 N–H and O–H groups in total. The van der Waals surface area contributed by atoms with Crippen LogP contribution >= 0.6 is 11.8 Å². The van der Waals surface area contributed by atoms with Gasteiger partial charge in [0.05, 0.1) is 7.17 Å². The van der Waals surface area contributed by atoms with Crippen LogP contribution in [0.2, 0.25) is 6.82 Å². The van der Waals surface area contributed by atoms with Gasteiger partial charge in [0.1, 0.15) is 0 Å². The SMILES string of the molecule is [B]NS[B][B]C. The largest absolute Gasteiger partial charge is 0.327 e. The fraction of sp³-hybridized carbons (Fsp3) is 1.00. The summed E-state index contributed by atoms with van der Waals surface area (Å²) in [6.45, 7) is 1.93. The summed E-state index contributed by atoms with van der Waals surface area (Å²) < 4.78 is 2.40. The highest BCUT2D eigenvalue weighted by Gasteiger charge is 1.79. The Morgan fingerprint density at radius 1 is 1.83 bits per heavy atom. The summed E-state index contributed by atoms with van der Waals surface area (Å²) in [5.41, 5.74) is 0. The van der Waals surface area contributed by atoms with Crippen LogP contribution in [0.4, 0.5) is 0 Å². The van der Waals surface area contributed by atoms with Crippen LogP contribution in [-0.2, 0) is 0 Å². The Labute approximate surface area is 45.6 Å². The lowest BCUT2D eigenvalue weighted by molar-refractivity contribution is 1.74. The normalized spacial score (nSPS) is 7.50. The zero-order valence-electron chi connectivity index (χ0n) is 3.64. The maximum Gasteiger partial charge on any atom is 0.193 e. The topological polar surface area (TPSA) is 12.0 Å². The molecule has 0 aromatic heterocycles. The Morgan fingerprint density at radius 3 is 2.67 bits per heavy atom. The maximum atomic E-state index is 4.88. The molecule has 0 bridgehead atoms. The molecule has 0 atom stereocenters. The number of nitrogens with one attached hydrogen (secondary N) is 1. The van der Waals surface area contributed by atoms with Crippen molar-refractivity contribution in [2.45, 2.75) is 6.82 Å². The van der Waals surface area contributed by atoms with Gasteiger partial charge < -0.3 is 4.63 Å². The van der Waals surface area contributed by atoms with Crippen LogP contribution in [-0.4, -0.2) is 21.6 Å². The minimum Gasteiger partial charge on any atom is -0.327 e. The molecule has 0 fully saturated rings. The van der Waals surface area contributed by atoms with Crippen LogP contribution in [0.25, 0.3) is 0 Å². The molecule has 0 aliphatic heterocycles. The molecule has 0 rings (SSSR count). The average Bonchev–Trinajstić information content (AvgIpc) is 1.61. The van der Waals surface area contributed by atoms with Gasteiger partial charge in [-0.1, -0.05) is 6.82 Å². The van der Waals surface area contributed by atoms with Gasteiger partial charge in [0.2, 0.25) is 0 Å². The Kier molecular flexibility index (Phi) is 5.97. The highest BCUT2D eigenvalue weighted by molar-refractivity contribution is 8.25. The Bertz CT molecular complexity index is 22.8. The Morgan fingerprint density at radius 2 is 2.50 bits per heavy atom. The van der Waals surface area contributed by atoms with E-state index < -0.39 is 0 Å². The van der Waals surface area contributed by atoms with Gasteiger partial charge in [0.25, 0.3) is 0 Å². The first-order valence-corrected chi connectivity index (χ1v) is 2.52. The summed E-state index contributed by atoms with van der Waals surface area (Å²) in [7, 11) is 6.78. The van der Waals surface area contributed by atoms with E-state index in [4.69, 9.17) is 7.98 Å². The van der Waals surface area contributed by atoms with E-state index in [1.807, 2.05) is 20.4 Å². The fourth-order valence-electron chi connectivity index (χ4n) is 0.107. The van der Waals surface area contributed by atoms with Crippen LogP contribution in [0, 0.1) is 0 Å². The number of rotatable bonds is 3. The third-order valence-electron chi connectivity index (χ3n) is 0.272. The smallest absolute Gasteiger partial charge is 0.193 e. The molecule has 0 heterocycles. The van der Waals surface area contributed by atoms with E-state index in [0.717, 1.165) is 0 Å². The average molecular weight is 94.6 g/mol. The van der Waals surface area contributed by atoms with Crippen LogP contribution in [0.1, 0.15) is 0 Å². The lowest BCUT2D eigenvalue weighted by atomic mass is 9.57. The van der Waals surface area contributed by atoms with E-state index in [9.17, 15) is 0 Å². The molecule has 0 aromatic rings. The van der Waals surface area contributed by atoms with Crippen molar-refractivity contribution >= 4 is 33.4 Å². The summed E-state index contributed by atoms with van der Waals surface area (Å²) in [6, 6.07) is 0. The van der Waals surface area contributed by atoms with E-state index in [0.29, 0.717) is 0 Å². The van der Waals surface area contributed by atoms with Gasteiger partial charge in [-0.3, -0.25) is 0 Å². The van der Waals surface area contributed by atoms with Crippen molar-refractivity contribution in [1.82, 2.24) is 4.63 Å². The molecule has 0 unspecified atom stereocenters. The first-order chi connectivity index (χ1) is 2.91. The van der Waals surface area contributed by atoms with Crippen LogP contribution in [0.15, 0.2) is 0 Å². The number of hydrogen-bond acceptors (Lipinski definition) is 2. The molecule has 0 saturated carbocycles. The number of hydrogen-bond donors (Lipinski definition) is 1. The van der Waals surface area contributed by atoms with Gasteiger partial charge in [-0.2, -0.15) is 11.8 Å². The van der Waals surface area contributed by atoms with Crippen molar-refractivity contribution in [2.75, 3.05) is 0 Å². The van der Waals surface area contributed by atoms with Crippen molar-refractivity contribution in [2.24, 2.45) is 0 Å². The molecule has 6 heavy (non-hydrogen) atoms. The minimum absolute atomic E-state index is 1.36. The molecule has 28 valence electrons. The Balaban J connectivity index is 2.34. The standard InChI is InChI=1S/CH4B3NS/c1-3-4-6-5-2/h5H,1H3. The molecule has 0 saturated heterocycles. The molecule has 0 aromatic carbocycles. The zero-order chi connectivity index (χ0) is 4.83. The molecule has 0 aliphatic carbocycles. The third kappa shape index (κ3) is 4.50. The summed E-state index contributed by atoms with van der Waals surface area (Å²) in [4.78, 5) is 0. The van der Waals surface area contributed by atoms with Crippen LogP contribution in [0.3, 0.4) is 0 Å². The minimum atomic E-state index is 1.36. The molecule has 1 nitrogen and oxygen atoms in total. The summed E-state index contributed by atoms with van der Waals surface area (Å²) in [6.07, 6.45) is 1.86. The van der Waals surface area contributed by atoms with Crippen molar-refractivity contribution in [1.29, 1.82) is 0 Å². The fourth-order valence-corrected chi connectivity index (χ4v) is 0.322. The van der Waals surface area contributed by atoms with Crippen molar-refractivity contribution in [3.05, 3.63) is 0 Å². The summed E-state index contributed by atoms with van der Waals surface area (Å²) in [5, 5.41) is 0. The molecular formula is CH4B3NS. The molecule has 5 heteroatoms. The molecule has 0 aliphatic rings. The maximum absolute atomic E-state index is 4.88. The third-order valence-corrected chi connectivity index (χ3v) is 0.816. The van der Waals surface area contributed by atoms with Gasteiger partial charge in [0.15, 0.2) is 14.4 Å². The molecule has 0 spiro atoms. The highest BCUT2D eigenvalue weighted by atomic mass is 32.2. The van der Waals surface area contributed by atoms with Gasteiger partial charge in [0, 0.05) is 0 Å². The quantitative estimate of drug-likeness (QED) is 0.290. The van der Waals surface area contributed by atoms with Crippen molar-refractivity contribution in [3.8, 4) is 0 Å². The van der Waals surface area contributed by atoms with Crippen LogP contribution < -0.4 is 4.63 Å². The van der Waals surface area contributed by atoms with E-state index in [2.05, 4.69) is 4.63 Å². The second-order valence-corrected chi connectivity index (χ2v) is 1.45. The summed E-state index contributed by atoms with van der Waals surface area (Å²) in [5.74, 6) is 0. The second kappa shape index (κ2) is 5.50. The molecule has 4 radical (unpaired) electrons. The molecule has 0 amide bonds. The zero-order valence-corrected chi connectivity index (χ0v) is 4.46. The second-order valence-electron chi connectivity index (χ2n) is 0.705. The van der Waals surface area contributed by atoms with E-state index in [1.54, 1.807) is 0 Å². The van der Waals surface area contributed by atoms with Gasteiger partial charge in [-0.05, 0) is 0 Å². The lowest BCUT2D eigenvalue weighted by Crippen LogP contribution is -2.02. The van der Waals surface area contributed by atoms with Gasteiger partial charge in [-0.15, -0.1) is 0 Å². The Hall–Kier alpha value is 0.505. The first kappa shape index (κ1) is 6.50.